The number of carboxylic acid groups (broad SMARTS) is 1. The SMILES string of the molecule is CC1CC(c2nc(C(=O)O)no2)C1. The van der Waals surface area contributed by atoms with Crippen LogP contribution in [0.5, 0.6) is 0 Å². The number of nitrogens with zero attached hydrogens (tertiary/aromatic N) is 2. The standard InChI is InChI=1S/C8H10N2O3/c1-4-2-5(3-4)7-9-6(8(11)12)10-13-7/h4-5H,2-3H2,1H3,(H,11,12). The minimum Gasteiger partial charge on any atom is -0.475 e. The molecule has 13 heavy (non-hydrogen) atoms. The van der Waals surface area contributed by atoms with Crippen molar-refractivity contribution in [3.05, 3.63) is 11.7 Å². The van der Waals surface area contributed by atoms with Crippen LogP contribution in [0.25, 0.3) is 0 Å². The molecule has 5 heteroatoms. The quantitative estimate of drug-likeness (QED) is 0.745. The van der Waals surface area contributed by atoms with E-state index in [1.54, 1.807) is 0 Å². The Labute approximate surface area is 74.8 Å². The maximum Gasteiger partial charge on any atom is 0.377 e. The summed E-state index contributed by atoms with van der Waals surface area (Å²) in [6.07, 6.45) is 2.03. The summed E-state index contributed by atoms with van der Waals surface area (Å²) in [6, 6.07) is 0. The monoisotopic (exact) mass is 182 g/mol. The van der Waals surface area contributed by atoms with Crippen LogP contribution in [0.3, 0.4) is 0 Å². The molecule has 0 saturated heterocycles. The second kappa shape index (κ2) is 2.83. The number of hydrogen-bond donors (Lipinski definition) is 1. The summed E-state index contributed by atoms with van der Waals surface area (Å²) in [5, 5.41) is 11.9. The number of rotatable bonds is 2. The van der Waals surface area contributed by atoms with E-state index in [2.05, 4.69) is 17.1 Å². The predicted molar refractivity (Wildman–Crippen MR) is 42.4 cm³/mol. The maximum atomic E-state index is 10.4. The molecule has 0 atom stereocenters. The van der Waals surface area contributed by atoms with E-state index in [9.17, 15) is 4.79 Å². The van der Waals surface area contributed by atoms with Gasteiger partial charge in [-0.1, -0.05) is 6.92 Å². The van der Waals surface area contributed by atoms with Gasteiger partial charge >= 0.3 is 5.97 Å². The van der Waals surface area contributed by atoms with Crippen molar-refractivity contribution in [3.8, 4) is 0 Å². The van der Waals surface area contributed by atoms with Crippen LogP contribution in [-0.4, -0.2) is 21.2 Å². The molecule has 2 rings (SSSR count). The molecule has 1 fully saturated rings. The Morgan fingerprint density at radius 3 is 2.77 bits per heavy atom. The molecule has 0 spiro atoms. The number of carbonyl (C=O) groups is 1. The highest BCUT2D eigenvalue weighted by molar-refractivity contribution is 5.82. The summed E-state index contributed by atoms with van der Waals surface area (Å²) in [6.45, 7) is 2.14. The largest absolute Gasteiger partial charge is 0.475 e. The van der Waals surface area contributed by atoms with Crippen molar-refractivity contribution in [1.29, 1.82) is 0 Å². The molecule has 5 nitrogen and oxygen atoms in total. The molecule has 0 aliphatic heterocycles. The molecule has 1 aromatic rings. The van der Waals surface area contributed by atoms with Gasteiger partial charge in [0.1, 0.15) is 0 Å². The van der Waals surface area contributed by atoms with Gasteiger partial charge in [0.15, 0.2) is 0 Å². The van der Waals surface area contributed by atoms with Crippen LogP contribution in [0.1, 0.15) is 42.2 Å². The van der Waals surface area contributed by atoms with Gasteiger partial charge in [0, 0.05) is 5.92 Å². The Morgan fingerprint density at radius 2 is 2.31 bits per heavy atom. The third-order valence-electron chi connectivity index (χ3n) is 2.36. The second-order valence-corrected chi connectivity index (χ2v) is 3.53. The van der Waals surface area contributed by atoms with Crippen LogP contribution in [-0.2, 0) is 0 Å². The Hall–Kier alpha value is -1.39. The van der Waals surface area contributed by atoms with E-state index in [0.717, 1.165) is 12.8 Å². The highest BCUT2D eigenvalue weighted by Gasteiger charge is 2.31. The first-order valence-electron chi connectivity index (χ1n) is 4.23. The zero-order valence-corrected chi connectivity index (χ0v) is 7.23. The minimum atomic E-state index is -1.14. The zero-order valence-electron chi connectivity index (χ0n) is 7.23. The second-order valence-electron chi connectivity index (χ2n) is 3.53. The summed E-state index contributed by atoms with van der Waals surface area (Å²) in [5.41, 5.74) is 0. The molecule has 0 bridgehead atoms. The van der Waals surface area contributed by atoms with Gasteiger partial charge in [0.25, 0.3) is 5.82 Å². The smallest absolute Gasteiger partial charge is 0.377 e. The van der Waals surface area contributed by atoms with Crippen molar-refractivity contribution in [2.75, 3.05) is 0 Å². The highest BCUT2D eigenvalue weighted by Crippen LogP contribution is 2.40. The third-order valence-corrected chi connectivity index (χ3v) is 2.36. The van der Waals surface area contributed by atoms with Gasteiger partial charge in [-0.05, 0) is 23.9 Å². The molecule has 0 unspecified atom stereocenters. The van der Waals surface area contributed by atoms with Gasteiger partial charge in [0.2, 0.25) is 5.89 Å². The van der Waals surface area contributed by atoms with Crippen LogP contribution in [0, 0.1) is 5.92 Å². The van der Waals surface area contributed by atoms with Crippen LogP contribution in [0.2, 0.25) is 0 Å². The van der Waals surface area contributed by atoms with E-state index in [4.69, 9.17) is 9.63 Å². The Balaban J connectivity index is 2.10. The lowest BCUT2D eigenvalue weighted by molar-refractivity contribution is 0.0680. The van der Waals surface area contributed by atoms with E-state index in [1.807, 2.05) is 0 Å². The van der Waals surface area contributed by atoms with Crippen LogP contribution >= 0.6 is 0 Å². The van der Waals surface area contributed by atoms with Crippen molar-refractivity contribution in [3.63, 3.8) is 0 Å². The fraction of sp³-hybridized carbons (Fsp3) is 0.625. The summed E-state index contributed by atoms with van der Waals surface area (Å²) in [7, 11) is 0. The van der Waals surface area contributed by atoms with Crippen molar-refractivity contribution in [2.24, 2.45) is 5.92 Å². The number of carboxylic acids is 1. The lowest BCUT2D eigenvalue weighted by Crippen LogP contribution is -2.19. The first kappa shape index (κ1) is 8.22. The fourth-order valence-corrected chi connectivity index (χ4v) is 1.59. The first-order chi connectivity index (χ1) is 6.16. The zero-order chi connectivity index (χ0) is 9.42. The van der Waals surface area contributed by atoms with E-state index >= 15 is 0 Å². The molecule has 1 aliphatic rings. The molecular weight excluding hydrogens is 172 g/mol. The molecule has 1 saturated carbocycles. The molecule has 0 aromatic carbocycles. The van der Waals surface area contributed by atoms with Crippen LogP contribution in [0.15, 0.2) is 4.52 Å². The molecule has 1 heterocycles. The van der Waals surface area contributed by atoms with Gasteiger partial charge in [-0.25, -0.2) is 4.79 Å². The summed E-state index contributed by atoms with van der Waals surface area (Å²) in [5.74, 6) is 0.0493. The lowest BCUT2D eigenvalue weighted by Gasteiger charge is -2.29. The Morgan fingerprint density at radius 1 is 1.62 bits per heavy atom. The normalized spacial score (nSPS) is 26.8. The topological polar surface area (TPSA) is 76.2 Å². The summed E-state index contributed by atoms with van der Waals surface area (Å²) in [4.78, 5) is 14.2. The number of hydrogen-bond acceptors (Lipinski definition) is 4. The first-order valence-corrected chi connectivity index (χ1v) is 4.23. The highest BCUT2D eigenvalue weighted by atomic mass is 16.5. The van der Waals surface area contributed by atoms with Crippen molar-refractivity contribution in [2.45, 2.75) is 25.7 Å². The third kappa shape index (κ3) is 1.41. The van der Waals surface area contributed by atoms with Gasteiger partial charge in [-0.3, -0.25) is 0 Å². The van der Waals surface area contributed by atoms with E-state index in [0.29, 0.717) is 11.8 Å². The molecule has 0 radical (unpaired) electrons. The Bertz CT molecular complexity index is 328. The molecular formula is C8H10N2O3. The minimum absolute atomic E-state index is 0.241. The average molecular weight is 182 g/mol. The van der Waals surface area contributed by atoms with Gasteiger partial charge in [-0.15, -0.1) is 0 Å². The van der Waals surface area contributed by atoms with Gasteiger partial charge < -0.3 is 9.63 Å². The number of aromatic nitrogens is 2. The van der Waals surface area contributed by atoms with Crippen LogP contribution in [0.4, 0.5) is 0 Å². The Kier molecular flexibility index (Phi) is 1.79. The lowest BCUT2D eigenvalue weighted by atomic mass is 9.76. The molecule has 0 amide bonds. The van der Waals surface area contributed by atoms with Gasteiger partial charge in [-0.2, -0.15) is 4.98 Å². The van der Waals surface area contributed by atoms with E-state index in [1.165, 1.54) is 0 Å². The molecule has 1 N–H and O–H groups in total. The van der Waals surface area contributed by atoms with Crippen LogP contribution < -0.4 is 0 Å². The van der Waals surface area contributed by atoms with Gasteiger partial charge in [0.05, 0.1) is 0 Å². The van der Waals surface area contributed by atoms with Crippen molar-refractivity contribution >= 4 is 5.97 Å². The maximum absolute atomic E-state index is 10.4. The number of aromatic carboxylic acids is 1. The molecule has 1 aliphatic carbocycles. The molecule has 1 aromatic heterocycles. The molecule has 70 valence electrons. The average Bonchev–Trinajstić information content (AvgIpc) is 2.46. The van der Waals surface area contributed by atoms with E-state index in [-0.39, 0.29) is 11.7 Å². The van der Waals surface area contributed by atoms with E-state index < -0.39 is 5.97 Å². The van der Waals surface area contributed by atoms with Crippen molar-refractivity contribution in [1.82, 2.24) is 10.1 Å². The summed E-state index contributed by atoms with van der Waals surface area (Å²) < 4.78 is 4.84. The fourth-order valence-electron chi connectivity index (χ4n) is 1.59. The predicted octanol–water partition coefficient (Wildman–Crippen LogP) is 1.28. The van der Waals surface area contributed by atoms with Crippen molar-refractivity contribution < 1.29 is 14.4 Å². The summed E-state index contributed by atoms with van der Waals surface area (Å²) >= 11 is 0.